The molecule has 122 valence electrons. The van der Waals surface area contributed by atoms with E-state index in [0.717, 1.165) is 17.3 Å². The van der Waals surface area contributed by atoms with Gasteiger partial charge in [-0.1, -0.05) is 72.1 Å². The zero-order valence-electron chi connectivity index (χ0n) is 14.9. The molecule has 21 heavy (non-hydrogen) atoms. The predicted molar refractivity (Wildman–Crippen MR) is 90.8 cm³/mol. The van der Waals surface area contributed by atoms with Crippen molar-refractivity contribution in [3.8, 4) is 0 Å². The highest BCUT2D eigenvalue weighted by Gasteiger charge is 2.31. The number of nitrogens with zero attached hydrogens (tertiary/aromatic N) is 1. The molecule has 0 radical (unpaired) electrons. The third-order valence-corrected chi connectivity index (χ3v) is 4.62. The second-order valence-corrected chi connectivity index (χ2v) is 6.83. The zero-order valence-corrected chi connectivity index (χ0v) is 14.9. The van der Waals surface area contributed by atoms with E-state index in [9.17, 15) is 0 Å². The van der Waals surface area contributed by atoms with Crippen molar-refractivity contribution < 1.29 is 4.42 Å². The average Bonchev–Trinajstić information content (AvgIpc) is 2.80. The van der Waals surface area contributed by atoms with Crippen LogP contribution in [-0.2, 0) is 5.41 Å². The van der Waals surface area contributed by atoms with Crippen molar-refractivity contribution in [1.29, 1.82) is 0 Å². The van der Waals surface area contributed by atoms with Crippen LogP contribution in [0.1, 0.15) is 102 Å². The molecule has 2 heteroatoms. The third kappa shape index (κ3) is 5.84. The molecular formula is C19H35NO. The Hall–Kier alpha value is -0.790. The maximum absolute atomic E-state index is 5.98. The minimum absolute atomic E-state index is 0.173. The highest BCUT2D eigenvalue weighted by molar-refractivity contribution is 5.18. The van der Waals surface area contributed by atoms with Crippen LogP contribution >= 0.6 is 0 Å². The van der Waals surface area contributed by atoms with Crippen LogP contribution in [0.15, 0.2) is 4.42 Å². The molecule has 0 aliphatic heterocycles. The van der Waals surface area contributed by atoms with Gasteiger partial charge in [0.15, 0.2) is 5.89 Å². The van der Waals surface area contributed by atoms with E-state index in [1.807, 2.05) is 6.92 Å². The van der Waals surface area contributed by atoms with Crippen molar-refractivity contribution in [3.63, 3.8) is 0 Å². The van der Waals surface area contributed by atoms with Crippen LogP contribution in [0.5, 0.6) is 0 Å². The molecule has 1 aromatic rings. The Morgan fingerprint density at radius 2 is 1.38 bits per heavy atom. The molecule has 1 heterocycles. The summed E-state index contributed by atoms with van der Waals surface area (Å²) in [7, 11) is 0. The molecule has 0 unspecified atom stereocenters. The first-order valence-corrected chi connectivity index (χ1v) is 8.98. The van der Waals surface area contributed by atoms with Crippen LogP contribution in [0.2, 0.25) is 0 Å². The molecule has 0 N–H and O–H groups in total. The normalized spacial score (nSPS) is 12.0. The Balaban J connectivity index is 2.70. The Labute approximate surface area is 131 Å². The molecule has 2 nitrogen and oxygen atoms in total. The van der Waals surface area contributed by atoms with Crippen molar-refractivity contribution in [2.24, 2.45) is 0 Å². The maximum atomic E-state index is 5.98. The van der Waals surface area contributed by atoms with Crippen LogP contribution in [0.25, 0.3) is 0 Å². The minimum atomic E-state index is 0.173. The topological polar surface area (TPSA) is 26.0 Å². The van der Waals surface area contributed by atoms with E-state index in [1.54, 1.807) is 0 Å². The van der Waals surface area contributed by atoms with Gasteiger partial charge in [-0.15, -0.1) is 0 Å². The number of aryl methyl sites for hydroxylation is 2. The predicted octanol–water partition coefficient (Wildman–Crippen LogP) is 6.49. The van der Waals surface area contributed by atoms with Crippen LogP contribution in [0.3, 0.4) is 0 Å². The SMILES string of the molecule is CCCCCCC(C)(CCCCCC)c1oc(C)nc1C. The van der Waals surface area contributed by atoms with Gasteiger partial charge in [0, 0.05) is 12.3 Å². The van der Waals surface area contributed by atoms with Crippen molar-refractivity contribution in [2.45, 2.75) is 104 Å². The largest absolute Gasteiger partial charge is 0.445 e. The molecule has 0 bridgehead atoms. The number of hydrogen-bond acceptors (Lipinski definition) is 2. The van der Waals surface area contributed by atoms with E-state index in [2.05, 4.69) is 32.7 Å². The number of hydrogen-bond donors (Lipinski definition) is 0. The molecule has 0 aliphatic rings. The lowest BCUT2D eigenvalue weighted by molar-refractivity contribution is 0.291. The molecule has 0 atom stereocenters. The molecule has 1 rings (SSSR count). The van der Waals surface area contributed by atoms with Gasteiger partial charge in [-0.2, -0.15) is 0 Å². The first-order valence-electron chi connectivity index (χ1n) is 8.98. The number of aromatic nitrogens is 1. The van der Waals surface area contributed by atoms with Gasteiger partial charge in [-0.3, -0.25) is 0 Å². The monoisotopic (exact) mass is 293 g/mol. The lowest BCUT2D eigenvalue weighted by atomic mass is 9.77. The Kier molecular flexibility index (Phi) is 8.06. The second kappa shape index (κ2) is 9.27. The summed E-state index contributed by atoms with van der Waals surface area (Å²) in [5.41, 5.74) is 1.27. The summed E-state index contributed by atoms with van der Waals surface area (Å²) in [5, 5.41) is 0. The second-order valence-electron chi connectivity index (χ2n) is 6.83. The van der Waals surface area contributed by atoms with Gasteiger partial charge in [-0.05, 0) is 19.8 Å². The molecular weight excluding hydrogens is 258 g/mol. The summed E-state index contributed by atoms with van der Waals surface area (Å²) in [5.74, 6) is 1.96. The fraction of sp³-hybridized carbons (Fsp3) is 0.842. The first-order chi connectivity index (χ1) is 10.0. The molecule has 0 saturated heterocycles. The van der Waals surface area contributed by atoms with Gasteiger partial charge in [0.2, 0.25) is 0 Å². The third-order valence-electron chi connectivity index (χ3n) is 4.62. The summed E-state index contributed by atoms with van der Waals surface area (Å²) in [4.78, 5) is 4.50. The van der Waals surface area contributed by atoms with Gasteiger partial charge in [0.1, 0.15) is 5.76 Å². The Morgan fingerprint density at radius 3 is 1.76 bits per heavy atom. The number of oxazole rings is 1. The van der Waals surface area contributed by atoms with E-state index >= 15 is 0 Å². The van der Waals surface area contributed by atoms with Crippen LogP contribution in [0, 0.1) is 13.8 Å². The highest BCUT2D eigenvalue weighted by atomic mass is 16.4. The molecule has 0 fully saturated rings. The van der Waals surface area contributed by atoms with Gasteiger partial charge >= 0.3 is 0 Å². The first kappa shape index (κ1) is 18.3. The van der Waals surface area contributed by atoms with Crippen LogP contribution in [-0.4, -0.2) is 4.98 Å². The minimum Gasteiger partial charge on any atom is -0.445 e. The smallest absolute Gasteiger partial charge is 0.191 e. The molecule has 0 aromatic carbocycles. The van der Waals surface area contributed by atoms with Gasteiger partial charge in [0.05, 0.1) is 5.69 Å². The summed E-state index contributed by atoms with van der Waals surface area (Å²) in [6.45, 7) is 11.0. The molecule has 0 amide bonds. The number of unbranched alkanes of at least 4 members (excludes halogenated alkanes) is 6. The Bertz CT molecular complexity index is 382. The van der Waals surface area contributed by atoms with Gasteiger partial charge in [0.25, 0.3) is 0 Å². The quantitative estimate of drug-likeness (QED) is 0.436. The van der Waals surface area contributed by atoms with E-state index in [1.165, 1.54) is 64.2 Å². The van der Waals surface area contributed by atoms with Crippen LogP contribution < -0.4 is 0 Å². The molecule has 0 aliphatic carbocycles. The van der Waals surface area contributed by atoms with Crippen LogP contribution in [0.4, 0.5) is 0 Å². The molecule has 0 spiro atoms. The highest BCUT2D eigenvalue weighted by Crippen LogP contribution is 2.37. The van der Waals surface area contributed by atoms with Crippen molar-refractivity contribution >= 4 is 0 Å². The zero-order chi connectivity index (χ0) is 15.7. The van der Waals surface area contributed by atoms with Crippen molar-refractivity contribution in [3.05, 3.63) is 17.3 Å². The summed E-state index contributed by atoms with van der Waals surface area (Å²) >= 11 is 0. The lowest BCUT2D eigenvalue weighted by Gasteiger charge is -2.28. The average molecular weight is 293 g/mol. The van der Waals surface area contributed by atoms with Gasteiger partial charge in [-0.25, -0.2) is 4.98 Å². The van der Waals surface area contributed by atoms with E-state index in [-0.39, 0.29) is 5.41 Å². The van der Waals surface area contributed by atoms with E-state index in [0.29, 0.717) is 0 Å². The number of rotatable bonds is 11. The molecule has 0 saturated carbocycles. The fourth-order valence-corrected chi connectivity index (χ4v) is 3.33. The van der Waals surface area contributed by atoms with Crippen molar-refractivity contribution in [2.75, 3.05) is 0 Å². The maximum Gasteiger partial charge on any atom is 0.191 e. The van der Waals surface area contributed by atoms with Gasteiger partial charge < -0.3 is 4.42 Å². The summed E-state index contributed by atoms with van der Waals surface area (Å²) in [6, 6.07) is 0. The van der Waals surface area contributed by atoms with E-state index in [4.69, 9.17) is 4.42 Å². The standard InChI is InChI=1S/C19H35NO/c1-6-8-10-12-14-19(5,15-13-11-9-7-2)18-16(3)20-17(4)21-18/h6-15H2,1-5H3. The fourth-order valence-electron chi connectivity index (χ4n) is 3.33. The lowest BCUT2D eigenvalue weighted by Crippen LogP contribution is -2.22. The summed E-state index contributed by atoms with van der Waals surface area (Å²) < 4.78 is 5.98. The van der Waals surface area contributed by atoms with Crippen molar-refractivity contribution in [1.82, 2.24) is 4.98 Å². The molecule has 1 aromatic heterocycles. The Morgan fingerprint density at radius 1 is 0.857 bits per heavy atom. The van der Waals surface area contributed by atoms with E-state index < -0.39 is 0 Å². The summed E-state index contributed by atoms with van der Waals surface area (Å²) in [6.07, 6.45) is 13.0.